The maximum Gasteiger partial charge on any atom is 0.225 e. The first kappa shape index (κ1) is 12.9. The molecule has 1 amide bonds. The summed E-state index contributed by atoms with van der Waals surface area (Å²) >= 11 is 0. The topological polar surface area (TPSA) is 29.5 Å². The number of likely N-dealkylation sites (tertiary alicyclic amines) is 1. The number of benzene rings is 1. The molecule has 3 nitrogen and oxygen atoms in total. The molecule has 0 bridgehead atoms. The first-order chi connectivity index (χ1) is 8.75. The number of carbonyl (C=O) groups is 1. The monoisotopic (exact) mass is 247 g/mol. The number of para-hydroxylation sites is 1. The van der Waals surface area contributed by atoms with Gasteiger partial charge in [-0.3, -0.25) is 4.79 Å². The van der Waals surface area contributed by atoms with Crippen LogP contribution in [0.4, 0.5) is 0 Å². The van der Waals surface area contributed by atoms with E-state index < -0.39 is 0 Å². The van der Waals surface area contributed by atoms with Gasteiger partial charge in [-0.15, -0.1) is 0 Å². The van der Waals surface area contributed by atoms with Gasteiger partial charge in [0.05, 0.1) is 13.0 Å². The molecule has 1 aliphatic rings. The molecule has 2 rings (SSSR count). The van der Waals surface area contributed by atoms with Crippen LogP contribution < -0.4 is 4.74 Å². The molecule has 18 heavy (non-hydrogen) atoms. The summed E-state index contributed by atoms with van der Waals surface area (Å²) in [5.74, 6) is 1.81. The Hall–Kier alpha value is -1.51. The smallest absolute Gasteiger partial charge is 0.225 e. The summed E-state index contributed by atoms with van der Waals surface area (Å²) in [5.41, 5.74) is 0. The molecule has 1 aromatic rings. The largest absolute Gasteiger partial charge is 0.493 e. The molecule has 0 unspecified atom stereocenters. The summed E-state index contributed by atoms with van der Waals surface area (Å²) in [5, 5.41) is 0. The fourth-order valence-electron chi connectivity index (χ4n) is 2.19. The van der Waals surface area contributed by atoms with Crippen LogP contribution in [0.3, 0.4) is 0 Å². The van der Waals surface area contributed by atoms with Crippen LogP contribution in [0.15, 0.2) is 30.3 Å². The maximum absolute atomic E-state index is 11.9. The summed E-state index contributed by atoms with van der Waals surface area (Å²) in [6.45, 7) is 4.53. The van der Waals surface area contributed by atoms with E-state index in [1.165, 1.54) is 0 Å². The number of rotatable bonds is 4. The second kappa shape index (κ2) is 6.43. The third-order valence-corrected chi connectivity index (χ3v) is 3.46. The van der Waals surface area contributed by atoms with Gasteiger partial charge in [-0.25, -0.2) is 0 Å². The highest BCUT2D eigenvalue weighted by atomic mass is 16.5. The Kier molecular flexibility index (Phi) is 4.62. The molecule has 1 aromatic carbocycles. The molecule has 1 aliphatic heterocycles. The minimum Gasteiger partial charge on any atom is -0.493 e. The van der Waals surface area contributed by atoms with E-state index in [0.29, 0.717) is 13.0 Å². The lowest BCUT2D eigenvalue weighted by molar-refractivity contribution is -0.133. The first-order valence-corrected chi connectivity index (χ1v) is 6.71. The van der Waals surface area contributed by atoms with Crippen LogP contribution in [-0.2, 0) is 4.79 Å². The Morgan fingerprint density at radius 1 is 1.28 bits per heavy atom. The highest BCUT2D eigenvalue weighted by molar-refractivity contribution is 5.76. The van der Waals surface area contributed by atoms with Gasteiger partial charge in [-0.1, -0.05) is 25.1 Å². The van der Waals surface area contributed by atoms with Gasteiger partial charge in [0.25, 0.3) is 0 Å². The number of nitrogens with zero attached hydrogens (tertiary/aromatic N) is 1. The number of ether oxygens (including phenoxy) is 1. The average Bonchev–Trinajstić information content (AvgIpc) is 2.40. The SMILES string of the molecule is CC1CCN(C(=O)CCOc2ccccc2)CC1. The summed E-state index contributed by atoms with van der Waals surface area (Å²) in [6.07, 6.45) is 2.74. The molecule has 98 valence electrons. The van der Waals surface area contributed by atoms with Crippen molar-refractivity contribution in [1.29, 1.82) is 0 Å². The summed E-state index contributed by atoms with van der Waals surface area (Å²) < 4.78 is 5.54. The molecule has 1 fully saturated rings. The van der Waals surface area contributed by atoms with E-state index in [-0.39, 0.29) is 5.91 Å². The molecule has 0 atom stereocenters. The van der Waals surface area contributed by atoms with E-state index in [1.54, 1.807) is 0 Å². The van der Waals surface area contributed by atoms with E-state index in [0.717, 1.165) is 37.6 Å². The lowest BCUT2D eigenvalue weighted by atomic mass is 9.99. The van der Waals surface area contributed by atoms with Crippen LogP contribution >= 0.6 is 0 Å². The fourth-order valence-corrected chi connectivity index (χ4v) is 2.19. The molecule has 1 saturated heterocycles. The van der Waals surface area contributed by atoms with Gasteiger partial charge >= 0.3 is 0 Å². The number of hydrogen-bond donors (Lipinski definition) is 0. The van der Waals surface area contributed by atoms with Gasteiger partial charge in [-0.2, -0.15) is 0 Å². The second-order valence-electron chi connectivity index (χ2n) is 4.97. The Balaban J connectivity index is 1.69. The number of carbonyl (C=O) groups excluding carboxylic acids is 1. The zero-order valence-corrected chi connectivity index (χ0v) is 11.0. The normalized spacial score (nSPS) is 16.6. The van der Waals surface area contributed by atoms with Gasteiger partial charge in [0.2, 0.25) is 5.91 Å². The van der Waals surface area contributed by atoms with Crippen LogP contribution in [0.2, 0.25) is 0 Å². The van der Waals surface area contributed by atoms with E-state index in [4.69, 9.17) is 4.74 Å². The van der Waals surface area contributed by atoms with Crippen molar-refractivity contribution in [2.45, 2.75) is 26.2 Å². The van der Waals surface area contributed by atoms with Crippen molar-refractivity contribution < 1.29 is 9.53 Å². The Bertz CT molecular complexity index is 369. The lowest BCUT2D eigenvalue weighted by Gasteiger charge is -2.30. The van der Waals surface area contributed by atoms with Crippen molar-refractivity contribution in [3.05, 3.63) is 30.3 Å². The predicted octanol–water partition coefficient (Wildman–Crippen LogP) is 2.71. The van der Waals surface area contributed by atoms with Crippen LogP contribution in [0.1, 0.15) is 26.2 Å². The maximum atomic E-state index is 11.9. The van der Waals surface area contributed by atoms with E-state index in [2.05, 4.69) is 6.92 Å². The fraction of sp³-hybridized carbons (Fsp3) is 0.533. The minimum absolute atomic E-state index is 0.220. The van der Waals surface area contributed by atoms with Crippen molar-refractivity contribution in [2.75, 3.05) is 19.7 Å². The Morgan fingerprint density at radius 2 is 1.94 bits per heavy atom. The van der Waals surface area contributed by atoms with Gasteiger partial charge in [-0.05, 0) is 30.9 Å². The quantitative estimate of drug-likeness (QED) is 0.818. The Labute approximate surface area is 109 Å². The summed E-state index contributed by atoms with van der Waals surface area (Å²) in [6, 6.07) is 9.64. The zero-order valence-electron chi connectivity index (χ0n) is 11.0. The first-order valence-electron chi connectivity index (χ1n) is 6.71. The van der Waals surface area contributed by atoms with Crippen LogP contribution in [-0.4, -0.2) is 30.5 Å². The number of piperidine rings is 1. The standard InChI is InChI=1S/C15H21NO2/c1-13-7-10-16(11-8-13)15(17)9-12-18-14-5-3-2-4-6-14/h2-6,13H,7-12H2,1H3. The molecule has 3 heteroatoms. The predicted molar refractivity (Wildman–Crippen MR) is 71.5 cm³/mol. The molecule has 1 heterocycles. The summed E-state index contributed by atoms with van der Waals surface area (Å²) in [7, 11) is 0. The zero-order chi connectivity index (χ0) is 12.8. The molecule has 0 N–H and O–H groups in total. The molecule has 0 aromatic heterocycles. The van der Waals surface area contributed by atoms with E-state index in [1.807, 2.05) is 35.2 Å². The number of hydrogen-bond acceptors (Lipinski definition) is 2. The van der Waals surface area contributed by atoms with Crippen molar-refractivity contribution >= 4 is 5.91 Å². The van der Waals surface area contributed by atoms with Crippen LogP contribution in [0.5, 0.6) is 5.75 Å². The number of amides is 1. The van der Waals surface area contributed by atoms with Gasteiger partial charge < -0.3 is 9.64 Å². The highest BCUT2D eigenvalue weighted by Crippen LogP contribution is 2.16. The van der Waals surface area contributed by atoms with E-state index in [9.17, 15) is 4.79 Å². The van der Waals surface area contributed by atoms with Crippen molar-refractivity contribution in [2.24, 2.45) is 5.92 Å². The molecule has 0 aliphatic carbocycles. The van der Waals surface area contributed by atoms with Crippen LogP contribution in [0, 0.1) is 5.92 Å². The lowest BCUT2D eigenvalue weighted by Crippen LogP contribution is -2.38. The van der Waals surface area contributed by atoms with Crippen molar-refractivity contribution in [3.8, 4) is 5.75 Å². The van der Waals surface area contributed by atoms with Gasteiger partial charge in [0, 0.05) is 13.1 Å². The summed E-state index contributed by atoms with van der Waals surface area (Å²) in [4.78, 5) is 13.9. The van der Waals surface area contributed by atoms with Crippen molar-refractivity contribution in [1.82, 2.24) is 4.90 Å². The molecule has 0 spiro atoms. The molecular formula is C15H21NO2. The molecular weight excluding hydrogens is 226 g/mol. The van der Waals surface area contributed by atoms with Gasteiger partial charge in [0.15, 0.2) is 0 Å². The second-order valence-corrected chi connectivity index (χ2v) is 4.97. The third-order valence-electron chi connectivity index (χ3n) is 3.46. The molecule has 0 radical (unpaired) electrons. The van der Waals surface area contributed by atoms with E-state index >= 15 is 0 Å². The average molecular weight is 247 g/mol. The Morgan fingerprint density at radius 3 is 2.61 bits per heavy atom. The van der Waals surface area contributed by atoms with Crippen molar-refractivity contribution in [3.63, 3.8) is 0 Å². The van der Waals surface area contributed by atoms with Crippen LogP contribution in [0.25, 0.3) is 0 Å². The third kappa shape index (κ3) is 3.76. The molecule has 0 saturated carbocycles. The van der Waals surface area contributed by atoms with Gasteiger partial charge in [0.1, 0.15) is 5.75 Å². The highest BCUT2D eigenvalue weighted by Gasteiger charge is 2.19. The minimum atomic E-state index is 0.220.